The van der Waals surface area contributed by atoms with Crippen LogP contribution in [0.1, 0.15) is 48.0 Å². The first-order valence-electron chi connectivity index (χ1n) is 6.29. The van der Waals surface area contributed by atoms with E-state index in [9.17, 15) is 4.79 Å². The second-order valence-corrected chi connectivity index (χ2v) is 6.39. The van der Waals surface area contributed by atoms with Crippen LogP contribution in [0, 0.1) is 11.8 Å². The molecular formula is C13H26N2O. The van der Waals surface area contributed by atoms with Gasteiger partial charge < -0.3 is 10.2 Å². The molecule has 1 saturated heterocycles. The Kier molecular flexibility index (Phi) is 3.87. The van der Waals surface area contributed by atoms with Crippen LogP contribution in [0.4, 0.5) is 4.79 Å². The molecule has 1 fully saturated rings. The van der Waals surface area contributed by atoms with Crippen molar-refractivity contribution >= 4 is 6.03 Å². The van der Waals surface area contributed by atoms with Crippen molar-refractivity contribution < 1.29 is 4.79 Å². The van der Waals surface area contributed by atoms with Gasteiger partial charge in [-0.15, -0.1) is 0 Å². The van der Waals surface area contributed by atoms with Crippen molar-refractivity contribution in [2.75, 3.05) is 6.54 Å². The number of likely N-dealkylation sites (tertiary alicyclic amines) is 1. The molecule has 0 spiro atoms. The third kappa shape index (κ3) is 3.39. The molecule has 1 rings (SSSR count). The molecule has 3 unspecified atom stereocenters. The predicted molar refractivity (Wildman–Crippen MR) is 67.4 cm³/mol. The van der Waals surface area contributed by atoms with Crippen LogP contribution in [-0.4, -0.2) is 29.1 Å². The molecule has 0 aromatic heterocycles. The first-order chi connectivity index (χ1) is 7.20. The third-order valence-electron chi connectivity index (χ3n) is 3.34. The second kappa shape index (κ2) is 4.64. The number of piperidine rings is 1. The standard InChI is InChI=1S/C13H26N2O/c1-9-7-10(2)11(3)15(8-9)12(16)14-13(4,5)6/h9-11H,7-8H2,1-6H3,(H,14,16). The topological polar surface area (TPSA) is 32.3 Å². The summed E-state index contributed by atoms with van der Waals surface area (Å²) in [6.07, 6.45) is 1.22. The first kappa shape index (κ1) is 13.3. The van der Waals surface area contributed by atoms with Gasteiger partial charge in [-0.05, 0) is 46.0 Å². The summed E-state index contributed by atoms with van der Waals surface area (Å²) in [5.41, 5.74) is -0.152. The number of nitrogens with zero attached hydrogens (tertiary/aromatic N) is 1. The van der Waals surface area contributed by atoms with E-state index in [2.05, 4.69) is 26.1 Å². The van der Waals surface area contributed by atoms with Crippen LogP contribution < -0.4 is 5.32 Å². The van der Waals surface area contributed by atoms with E-state index in [4.69, 9.17) is 0 Å². The molecule has 0 aromatic rings. The Morgan fingerprint density at radius 1 is 1.25 bits per heavy atom. The summed E-state index contributed by atoms with van der Waals surface area (Å²) in [6, 6.07) is 0.428. The van der Waals surface area contributed by atoms with Crippen molar-refractivity contribution in [1.29, 1.82) is 0 Å². The van der Waals surface area contributed by atoms with Crippen LogP contribution in [-0.2, 0) is 0 Å². The molecule has 0 aromatic carbocycles. The highest BCUT2D eigenvalue weighted by molar-refractivity contribution is 5.75. The lowest BCUT2D eigenvalue weighted by atomic mass is 9.86. The Bertz CT molecular complexity index is 257. The normalized spacial score (nSPS) is 31.4. The summed E-state index contributed by atoms with van der Waals surface area (Å²) in [4.78, 5) is 14.1. The fraction of sp³-hybridized carbons (Fsp3) is 0.923. The number of urea groups is 1. The average molecular weight is 226 g/mol. The minimum atomic E-state index is -0.152. The summed E-state index contributed by atoms with van der Waals surface area (Å²) < 4.78 is 0. The highest BCUT2D eigenvalue weighted by Gasteiger charge is 2.32. The van der Waals surface area contributed by atoms with Gasteiger partial charge in [-0.25, -0.2) is 4.79 Å². The van der Waals surface area contributed by atoms with Gasteiger partial charge in [0, 0.05) is 18.1 Å². The Balaban J connectivity index is 2.67. The lowest BCUT2D eigenvalue weighted by molar-refractivity contribution is 0.0975. The molecule has 3 nitrogen and oxygen atoms in total. The van der Waals surface area contributed by atoms with Gasteiger partial charge in [0.15, 0.2) is 0 Å². The van der Waals surface area contributed by atoms with Crippen molar-refractivity contribution in [2.45, 2.75) is 59.5 Å². The van der Waals surface area contributed by atoms with Crippen molar-refractivity contribution in [1.82, 2.24) is 10.2 Å². The summed E-state index contributed by atoms with van der Waals surface area (Å²) in [6.45, 7) is 13.6. The Labute approximate surface area is 99.6 Å². The van der Waals surface area contributed by atoms with Crippen molar-refractivity contribution in [3.63, 3.8) is 0 Å². The molecule has 1 aliphatic rings. The van der Waals surface area contributed by atoms with E-state index < -0.39 is 0 Å². The molecule has 2 amide bonds. The number of carbonyl (C=O) groups excluding carboxylic acids is 1. The summed E-state index contributed by atoms with van der Waals surface area (Å²) >= 11 is 0. The molecule has 0 radical (unpaired) electrons. The highest BCUT2D eigenvalue weighted by Crippen LogP contribution is 2.27. The number of amides is 2. The van der Waals surface area contributed by atoms with Crippen molar-refractivity contribution in [2.24, 2.45) is 11.8 Å². The fourth-order valence-corrected chi connectivity index (χ4v) is 2.38. The number of rotatable bonds is 0. The second-order valence-electron chi connectivity index (χ2n) is 6.39. The lowest BCUT2D eigenvalue weighted by Gasteiger charge is -2.42. The van der Waals surface area contributed by atoms with E-state index in [0.29, 0.717) is 17.9 Å². The van der Waals surface area contributed by atoms with E-state index in [0.717, 1.165) is 6.54 Å². The SMILES string of the molecule is CC1CC(C)C(C)N(C(=O)NC(C)(C)C)C1. The van der Waals surface area contributed by atoms with Gasteiger partial charge in [0.1, 0.15) is 0 Å². The summed E-state index contributed by atoms with van der Waals surface area (Å²) in [5, 5.41) is 3.05. The van der Waals surface area contributed by atoms with Crippen molar-refractivity contribution in [3.05, 3.63) is 0 Å². The van der Waals surface area contributed by atoms with Gasteiger partial charge in [0.25, 0.3) is 0 Å². The van der Waals surface area contributed by atoms with Crippen molar-refractivity contribution in [3.8, 4) is 0 Å². The zero-order valence-electron chi connectivity index (χ0n) is 11.5. The van der Waals surface area contributed by atoms with E-state index in [1.807, 2.05) is 25.7 Å². The van der Waals surface area contributed by atoms with E-state index in [1.165, 1.54) is 6.42 Å². The minimum absolute atomic E-state index is 0.0819. The fourth-order valence-electron chi connectivity index (χ4n) is 2.38. The maximum absolute atomic E-state index is 12.1. The monoisotopic (exact) mass is 226 g/mol. The van der Waals surface area contributed by atoms with E-state index >= 15 is 0 Å². The van der Waals surface area contributed by atoms with Crippen LogP contribution in [0.25, 0.3) is 0 Å². The minimum Gasteiger partial charge on any atom is -0.333 e. The molecule has 1 N–H and O–H groups in total. The average Bonchev–Trinajstić information content (AvgIpc) is 2.08. The van der Waals surface area contributed by atoms with Gasteiger partial charge in [0.05, 0.1) is 0 Å². The lowest BCUT2D eigenvalue weighted by Crippen LogP contribution is -2.56. The van der Waals surface area contributed by atoms with Crippen LogP contribution in [0.15, 0.2) is 0 Å². The Morgan fingerprint density at radius 2 is 1.81 bits per heavy atom. The quantitative estimate of drug-likeness (QED) is 0.677. The number of hydrogen-bond donors (Lipinski definition) is 1. The largest absolute Gasteiger partial charge is 0.333 e. The molecule has 0 aliphatic carbocycles. The molecule has 0 bridgehead atoms. The first-order valence-corrected chi connectivity index (χ1v) is 6.29. The van der Waals surface area contributed by atoms with Gasteiger partial charge in [0.2, 0.25) is 0 Å². The predicted octanol–water partition coefficient (Wildman–Crippen LogP) is 2.86. The molecule has 3 atom stereocenters. The molecule has 1 aliphatic heterocycles. The van der Waals surface area contributed by atoms with E-state index in [-0.39, 0.29) is 11.6 Å². The smallest absolute Gasteiger partial charge is 0.318 e. The maximum atomic E-state index is 12.1. The third-order valence-corrected chi connectivity index (χ3v) is 3.34. The van der Waals surface area contributed by atoms with Crippen LogP contribution in [0.2, 0.25) is 0 Å². The molecule has 94 valence electrons. The number of hydrogen-bond acceptors (Lipinski definition) is 1. The van der Waals surface area contributed by atoms with Gasteiger partial charge in [-0.1, -0.05) is 13.8 Å². The zero-order valence-corrected chi connectivity index (χ0v) is 11.5. The number of nitrogens with one attached hydrogen (secondary N) is 1. The van der Waals surface area contributed by atoms with Crippen LogP contribution in [0.5, 0.6) is 0 Å². The van der Waals surface area contributed by atoms with Crippen LogP contribution in [0.3, 0.4) is 0 Å². The number of carbonyl (C=O) groups is 1. The highest BCUT2D eigenvalue weighted by atomic mass is 16.2. The summed E-state index contributed by atoms with van der Waals surface area (Å²) in [7, 11) is 0. The van der Waals surface area contributed by atoms with E-state index in [1.54, 1.807) is 0 Å². The van der Waals surface area contributed by atoms with Crippen LogP contribution >= 0.6 is 0 Å². The summed E-state index contributed by atoms with van der Waals surface area (Å²) in [5.74, 6) is 1.20. The maximum Gasteiger partial charge on any atom is 0.318 e. The molecule has 1 heterocycles. The van der Waals surface area contributed by atoms with Gasteiger partial charge in [-0.2, -0.15) is 0 Å². The Morgan fingerprint density at radius 3 is 2.31 bits per heavy atom. The molecule has 3 heteroatoms. The van der Waals surface area contributed by atoms with Gasteiger partial charge in [-0.3, -0.25) is 0 Å². The molecule has 0 saturated carbocycles. The molecular weight excluding hydrogens is 200 g/mol. The Hall–Kier alpha value is -0.730. The molecule has 16 heavy (non-hydrogen) atoms. The van der Waals surface area contributed by atoms with Gasteiger partial charge >= 0.3 is 6.03 Å². The zero-order chi connectivity index (χ0) is 12.5.